The Hall–Kier alpha value is -4.08. The number of hydrogen-bond acceptors (Lipinski definition) is 6. The number of benzene rings is 1. The summed E-state index contributed by atoms with van der Waals surface area (Å²) in [6.45, 7) is 6.97. The van der Waals surface area contributed by atoms with E-state index in [9.17, 15) is 9.18 Å². The van der Waals surface area contributed by atoms with Gasteiger partial charge in [-0.3, -0.25) is 10.4 Å². The number of hydrogen-bond donors (Lipinski definition) is 3. The van der Waals surface area contributed by atoms with Crippen LogP contribution in [0.1, 0.15) is 32.4 Å². The minimum atomic E-state index is -0.419. The molecule has 0 radical (unpaired) electrons. The minimum Gasteiger partial charge on any atom is -0.344 e. The maximum absolute atomic E-state index is 13.1. The highest BCUT2D eigenvalue weighted by molar-refractivity contribution is 5.95. The number of halogens is 1. The molecule has 2 amide bonds. The smallest absolute Gasteiger partial charge is 0.320 e. The molecule has 1 unspecified atom stereocenters. The summed E-state index contributed by atoms with van der Waals surface area (Å²) in [5.41, 5.74) is 2.96. The Morgan fingerprint density at radius 1 is 1.09 bits per heavy atom. The maximum atomic E-state index is 13.1. The van der Waals surface area contributed by atoms with E-state index in [1.807, 2.05) is 18.9 Å². The van der Waals surface area contributed by atoms with Gasteiger partial charge in [-0.2, -0.15) is 5.10 Å². The van der Waals surface area contributed by atoms with Crippen molar-refractivity contribution in [2.75, 3.05) is 23.8 Å². The normalized spacial score (nSPS) is 12.1. The fraction of sp³-hybridized carbons (Fsp3) is 0.292. The van der Waals surface area contributed by atoms with Crippen LogP contribution >= 0.6 is 0 Å². The van der Waals surface area contributed by atoms with Gasteiger partial charge in [0.15, 0.2) is 0 Å². The molecule has 9 nitrogen and oxygen atoms in total. The molecule has 0 saturated carbocycles. The van der Waals surface area contributed by atoms with Gasteiger partial charge in [0.05, 0.1) is 11.6 Å². The summed E-state index contributed by atoms with van der Waals surface area (Å²) in [7, 11) is 1.97. The van der Waals surface area contributed by atoms with Gasteiger partial charge in [-0.05, 0) is 30.5 Å². The van der Waals surface area contributed by atoms with Gasteiger partial charge < -0.3 is 10.2 Å². The van der Waals surface area contributed by atoms with Crippen LogP contribution in [0.25, 0.3) is 22.2 Å². The number of aromatic amines is 1. The Morgan fingerprint density at radius 3 is 2.47 bits per heavy atom. The molecule has 0 aliphatic carbocycles. The maximum Gasteiger partial charge on any atom is 0.320 e. The fourth-order valence-electron chi connectivity index (χ4n) is 3.66. The zero-order valence-corrected chi connectivity index (χ0v) is 19.5. The third-order valence-electron chi connectivity index (χ3n) is 5.30. The topological polar surface area (TPSA) is 112 Å². The molecule has 1 aromatic carbocycles. The Morgan fingerprint density at radius 2 is 1.79 bits per heavy atom. The predicted molar refractivity (Wildman–Crippen MR) is 130 cm³/mol. The first-order valence-electron chi connectivity index (χ1n) is 11.0. The molecule has 0 saturated heterocycles. The number of urea groups is 1. The highest BCUT2D eigenvalue weighted by Crippen LogP contribution is 2.26. The average molecular weight is 463 g/mol. The molecule has 3 aromatic heterocycles. The van der Waals surface area contributed by atoms with Crippen molar-refractivity contribution in [3.05, 3.63) is 60.3 Å². The predicted octanol–water partition coefficient (Wildman–Crippen LogP) is 4.53. The SMILES string of the molecule is CC(C)CN(C)c1ncc(-c2n[nH]c3cc(NC(=O)NC(C)c4ccc(F)cc4)ncc23)cn1. The van der Waals surface area contributed by atoms with Crippen LogP contribution in [0, 0.1) is 11.7 Å². The Labute approximate surface area is 196 Å². The van der Waals surface area contributed by atoms with Crippen LogP contribution in [-0.4, -0.2) is 44.8 Å². The minimum absolute atomic E-state index is 0.300. The summed E-state index contributed by atoms with van der Waals surface area (Å²) < 4.78 is 13.1. The summed E-state index contributed by atoms with van der Waals surface area (Å²) in [4.78, 5) is 27.7. The van der Waals surface area contributed by atoms with Crippen molar-refractivity contribution in [2.45, 2.75) is 26.8 Å². The summed E-state index contributed by atoms with van der Waals surface area (Å²) in [5, 5.41) is 13.7. The lowest BCUT2D eigenvalue weighted by Gasteiger charge is -2.18. The molecule has 0 fully saturated rings. The first kappa shape index (κ1) is 23.1. The van der Waals surface area contributed by atoms with E-state index in [2.05, 4.69) is 49.6 Å². The van der Waals surface area contributed by atoms with Crippen molar-refractivity contribution in [3.63, 3.8) is 0 Å². The van der Waals surface area contributed by atoms with E-state index in [0.29, 0.717) is 28.9 Å². The largest absolute Gasteiger partial charge is 0.344 e. The summed E-state index contributed by atoms with van der Waals surface area (Å²) in [5.74, 6) is 1.21. The second-order valence-electron chi connectivity index (χ2n) is 8.61. The van der Waals surface area contributed by atoms with Crippen LogP contribution in [0.3, 0.4) is 0 Å². The number of carbonyl (C=O) groups excluding carboxylic acids is 1. The first-order valence-corrected chi connectivity index (χ1v) is 11.0. The first-order chi connectivity index (χ1) is 16.3. The zero-order valence-electron chi connectivity index (χ0n) is 19.5. The molecule has 1 atom stereocenters. The van der Waals surface area contributed by atoms with E-state index < -0.39 is 6.03 Å². The fourth-order valence-corrected chi connectivity index (χ4v) is 3.66. The number of amides is 2. The average Bonchev–Trinajstić information content (AvgIpc) is 3.22. The molecule has 0 aliphatic heterocycles. The number of pyridine rings is 1. The van der Waals surface area contributed by atoms with Crippen LogP contribution in [0.2, 0.25) is 0 Å². The molecule has 0 aliphatic rings. The lowest BCUT2D eigenvalue weighted by Crippen LogP contribution is -2.31. The second-order valence-corrected chi connectivity index (χ2v) is 8.61. The van der Waals surface area contributed by atoms with Crippen molar-refractivity contribution < 1.29 is 9.18 Å². The van der Waals surface area contributed by atoms with Gasteiger partial charge >= 0.3 is 6.03 Å². The summed E-state index contributed by atoms with van der Waals surface area (Å²) in [6, 6.07) is 6.98. The van der Waals surface area contributed by atoms with E-state index >= 15 is 0 Å². The number of carbonyl (C=O) groups is 1. The van der Waals surface area contributed by atoms with Crippen LogP contribution in [-0.2, 0) is 0 Å². The van der Waals surface area contributed by atoms with Crippen molar-refractivity contribution in [2.24, 2.45) is 5.92 Å². The van der Waals surface area contributed by atoms with E-state index in [1.165, 1.54) is 12.1 Å². The Bertz CT molecular complexity index is 1270. The number of anilines is 2. The Kier molecular flexibility index (Phi) is 6.67. The van der Waals surface area contributed by atoms with Crippen molar-refractivity contribution in [1.82, 2.24) is 30.5 Å². The third-order valence-corrected chi connectivity index (χ3v) is 5.30. The molecule has 3 N–H and O–H groups in total. The third kappa shape index (κ3) is 5.28. The molecular weight excluding hydrogens is 435 g/mol. The van der Waals surface area contributed by atoms with Crippen molar-refractivity contribution in [1.29, 1.82) is 0 Å². The van der Waals surface area contributed by atoms with E-state index in [4.69, 9.17) is 0 Å². The van der Waals surface area contributed by atoms with Gasteiger partial charge in [0, 0.05) is 49.2 Å². The number of nitrogens with zero attached hydrogens (tertiary/aromatic N) is 5. The van der Waals surface area contributed by atoms with Crippen LogP contribution in [0.4, 0.5) is 21.0 Å². The van der Waals surface area contributed by atoms with Crippen LogP contribution in [0.5, 0.6) is 0 Å². The Balaban J connectivity index is 1.44. The molecular formula is C24H27FN8O. The van der Waals surface area contributed by atoms with Gasteiger partial charge in [-0.15, -0.1) is 0 Å². The molecule has 0 bridgehead atoms. The number of fused-ring (bicyclic) bond motifs is 1. The number of rotatable bonds is 7. The summed E-state index contributed by atoms with van der Waals surface area (Å²) in [6.07, 6.45) is 5.13. The molecule has 10 heteroatoms. The van der Waals surface area contributed by atoms with E-state index in [0.717, 1.165) is 23.1 Å². The number of nitrogens with one attached hydrogen (secondary N) is 3. The standard InChI is InChI=1S/C24H27FN8O/c1-14(2)13-33(4)23-27-10-17(11-28-23)22-19-12-26-21(9-20(19)31-32-22)30-24(34)29-15(3)16-5-7-18(25)8-6-16/h5-12,14-15H,13H2,1-4H3,(H,31,32)(H2,26,29,30,34). The highest BCUT2D eigenvalue weighted by atomic mass is 19.1. The molecule has 34 heavy (non-hydrogen) atoms. The zero-order chi connectivity index (χ0) is 24.2. The van der Waals surface area contributed by atoms with Gasteiger partial charge in [0.2, 0.25) is 5.95 Å². The molecule has 4 aromatic rings. The van der Waals surface area contributed by atoms with Gasteiger partial charge in [-0.1, -0.05) is 26.0 Å². The lowest BCUT2D eigenvalue weighted by atomic mass is 10.1. The molecule has 3 heterocycles. The van der Waals surface area contributed by atoms with E-state index in [1.54, 1.807) is 36.8 Å². The monoisotopic (exact) mass is 462 g/mol. The van der Waals surface area contributed by atoms with Crippen LogP contribution in [0.15, 0.2) is 48.9 Å². The van der Waals surface area contributed by atoms with Gasteiger partial charge in [0.1, 0.15) is 17.3 Å². The molecule has 4 rings (SSSR count). The van der Waals surface area contributed by atoms with Crippen molar-refractivity contribution in [3.8, 4) is 11.3 Å². The second kappa shape index (κ2) is 9.82. The lowest BCUT2D eigenvalue weighted by molar-refractivity contribution is 0.249. The van der Waals surface area contributed by atoms with Gasteiger partial charge in [-0.25, -0.2) is 24.1 Å². The number of H-pyrrole nitrogens is 1. The van der Waals surface area contributed by atoms with Gasteiger partial charge in [0.25, 0.3) is 0 Å². The van der Waals surface area contributed by atoms with Crippen molar-refractivity contribution >= 4 is 28.7 Å². The highest BCUT2D eigenvalue weighted by Gasteiger charge is 2.14. The molecule has 176 valence electrons. The van der Waals surface area contributed by atoms with E-state index in [-0.39, 0.29) is 11.9 Å². The summed E-state index contributed by atoms with van der Waals surface area (Å²) >= 11 is 0. The number of aromatic nitrogens is 5. The van der Waals surface area contributed by atoms with Crippen LogP contribution < -0.4 is 15.5 Å². The quantitative estimate of drug-likeness (QED) is 0.372. The molecule has 0 spiro atoms.